The van der Waals surface area contributed by atoms with Gasteiger partial charge in [-0.15, -0.1) is 10.2 Å². The van der Waals surface area contributed by atoms with Crippen molar-refractivity contribution in [2.45, 2.75) is 19.4 Å². The van der Waals surface area contributed by atoms with E-state index in [0.717, 1.165) is 10.0 Å². The first-order valence-corrected chi connectivity index (χ1v) is 8.77. The fourth-order valence-electron chi connectivity index (χ4n) is 2.41. The lowest BCUT2D eigenvalue weighted by atomic mass is 10.0. The number of hydrogen-bond acceptors (Lipinski definition) is 4. The number of aromatic nitrogens is 4. The average Bonchev–Trinajstić information content (AvgIpc) is 3.09. The molecule has 3 aromatic rings. The summed E-state index contributed by atoms with van der Waals surface area (Å²) in [6.45, 7) is 2.68. The molecule has 0 aliphatic rings. The number of benzene rings is 2. The Balaban J connectivity index is 1.56. The topological polar surface area (TPSA) is 72.7 Å². The van der Waals surface area contributed by atoms with Gasteiger partial charge in [-0.25, -0.2) is 0 Å². The number of carbonyl (C=O) groups is 1. The first-order chi connectivity index (χ1) is 12.1. The molecule has 0 spiro atoms. The van der Waals surface area contributed by atoms with Crippen molar-refractivity contribution in [1.82, 2.24) is 25.5 Å². The minimum absolute atomic E-state index is 0.0406. The first kappa shape index (κ1) is 17.3. The predicted octanol–water partition coefficient (Wildman–Crippen LogP) is 3.02. The molecule has 1 amide bonds. The van der Waals surface area contributed by atoms with Crippen LogP contribution in [0.1, 0.15) is 18.4 Å². The summed E-state index contributed by atoms with van der Waals surface area (Å²) in [6, 6.07) is 17.7. The Morgan fingerprint density at radius 2 is 1.88 bits per heavy atom. The van der Waals surface area contributed by atoms with Crippen LogP contribution in [0.15, 0.2) is 59.1 Å². The molecule has 0 unspecified atom stereocenters. The second-order valence-electron chi connectivity index (χ2n) is 5.74. The molecule has 0 bridgehead atoms. The van der Waals surface area contributed by atoms with E-state index in [1.54, 1.807) is 0 Å². The normalized spacial score (nSPS) is 11.9. The first-order valence-electron chi connectivity index (χ1n) is 7.98. The van der Waals surface area contributed by atoms with Crippen LogP contribution in [0.2, 0.25) is 0 Å². The lowest BCUT2D eigenvalue weighted by molar-refractivity contribution is -0.122. The van der Waals surface area contributed by atoms with Gasteiger partial charge in [0, 0.05) is 16.6 Å². The maximum Gasteiger partial charge on any atom is 0.243 e. The number of rotatable bonds is 6. The molecular weight excluding hydrogens is 382 g/mol. The summed E-state index contributed by atoms with van der Waals surface area (Å²) >= 11 is 3.46. The molecular formula is C18H18BrN5O. The van der Waals surface area contributed by atoms with E-state index >= 15 is 0 Å². The summed E-state index contributed by atoms with van der Waals surface area (Å²) in [5.74, 6) is 0.585. The van der Waals surface area contributed by atoms with E-state index in [1.807, 2.05) is 42.5 Å². The Morgan fingerprint density at radius 1 is 1.16 bits per heavy atom. The Morgan fingerprint density at radius 3 is 2.64 bits per heavy atom. The van der Waals surface area contributed by atoms with Gasteiger partial charge in [-0.1, -0.05) is 65.3 Å². The number of tetrazole rings is 1. The molecule has 128 valence electrons. The fourth-order valence-corrected chi connectivity index (χ4v) is 2.87. The summed E-state index contributed by atoms with van der Waals surface area (Å²) in [6.07, 6.45) is 0. The van der Waals surface area contributed by atoms with Gasteiger partial charge in [-0.05, 0) is 28.8 Å². The van der Waals surface area contributed by atoms with Gasteiger partial charge in [-0.2, -0.15) is 4.80 Å². The summed E-state index contributed by atoms with van der Waals surface area (Å²) < 4.78 is 0.885. The molecule has 0 aliphatic carbocycles. The van der Waals surface area contributed by atoms with Gasteiger partial charge < -0.3 is 5.32 Å². The van der Waals surface area contributed by atoms with Crippen molar-refractivity contribution in [1.29, 1.82) is 0 Å². The third-order valence-corrected chi connectivity index (χ3v) is 4.52. The van der Waals surface area contributed by atoms with E-state index in [4.69, 9.17) is 0 Å². The highest BCUT2D eigenvalue weighted by Gasteiger charge is 2.12. The number of nitrogens with one attached hydrogen (secondary N) is 1. The van der Waals surface area contributed by atoms with E-state index in [2.05, 4.69) is 55.7 Å². The number of hydrogen-bond donors (Lipinski definition) is 1. The average molecular weight is 400 g/mol. The third-order valence-electron chi connectivity index (χ3n) is 3.83. The van der Waals surface area contributed by atoms with Gasteiger partial charge in [0.15, 0.2) is 0 Å². The molecule has 1 N–H and O–H groups in total. The molecule has 0 saturated heterocycles. The molecule has 1 atom stereocenters. The maximum atomic E-state index is 12.1. The summed E-state index contributed by atoms with van der Waals surface area (Å²) in [5, 5.41) is 15.2. The zero-order valence-electron chi connectivity index (χ0n) is 13.8. The van der Waals surface area contributed by atoms with E-state index < -0.39 is 0 Å². The van der Waals surface area contributed by atoms with Crippen LogP contribution < -0.4 is 5.32 Å². The van der Waals surface area contributed by atoms with Crippen molar-refractivity contribution in [2.24, 2.45) is 0 Å². The monoisotopic (exact) mass is 399 g/mol. The molecule has 0 saturated carbocycles. The highest BCUT2D eigenvalue weighted by Crippen LogP contribution is 2.24. The van der Waals surface area contributed by atoms with Crippen molar-refractivity contribution in [3.05, 3.63) is 64.6 Å². The van der Waals surface area contributed by atoms with Gasteiger partial charge in [-0.3, -0.25) is 4.79 Å². The molecule has 6 nitrogen and oxygen atoms in total. The van der Waals surface area contributed by atoms with Crippen molar-refractivity contribution < 1.29 is 4.79 Å². The number of halogens is 1. The Bertz CT molecular complexity index is 849. The van der Waals surface area contributed by atoms with E-state index in [1.165, 1.54) is 10.4 Å². The quantitative estimate of drug-likeness (QED) is 0.691. The number of nitrogens with zero attached hydrogens (tertiary/aromatic N) is 4. The summed E-state index contributed by atoms with van der Waals surface area (Å²) in [5.41, 5.74) is 2.03. The van der Waals surface area contributed by atoms with Crippen LogP contribution in [0.25, 0.3) is 11.4 Å². The van der Waals surface area contributed by atoms with Gasteiger partial charge in [0.05, 0.1) is 0 Å². The lowest BCUT2D eigenvalue weighted by Gasteiger charge is -2.12. The van der Waals surface area contributed by atoms with Crippen molar-refractivity contribution in [2.75, 3.05) is 6.54 Å². The lowest BCUT2D eigenvalue weighted by Crippen LogP contribution is -2.31. The highest BCUT2D eigenvalue weighted by atomic mass is 79.9. The predicted molar refractivity (Wildman–Crippen MR) is 98.8 cm³/mol. The van der Waals surface area contributed by atoms with Gasteiger partial charge in [0.25, 0.3) is 0 Å². The SMILES string of the molecule is C[C@H](CNC(=O)Cn1nnc(-c2ccccc2Br)n1)c1ccccc1. The van der Waals surface area contributed by atoms with Crippen LogP contribution in [0, 0.1) is 0 Å². The minimum Gasteiger partial charge on any atom is -0.354 e. The van der Waals surface area contributed by atoms with Crippen LogP contribution in [-0.4, -0.2) is 32.7 Å². The molecule has 1 aromatic heterocycles. The summed E-state index contributed by atoms with van der Waals surface area (Å²) in [4.78, 5) is 13.4. The van der Waals surface area contributed by atoms with Gasteiger partial charge >= 0.3 is 0 Å². The largest absolute Gasteiger partial charge is 0.354 e. The highest BCUT2D eigenvalue weighted by molar-refractivity contribution is 9.10. The molecule has 0 aliphatic heterocycles. The Labute approximate surface area is 154 Å². The third kappa shape index (κ3) is 4.51. The number of carbonyl (C=O) groups excluding carboxylic acids is 1. The molecule has 0 radical (unpaired) electrons. The van der Waals surface area contributed by atoms with Crippen LogP contribution in [0.3, 0.4) is 0 Å². The van der Waals surface area contributed by atoms with Crippen molar-refractivity contribution in [3.8, 4) is 11.4 Å². The molecule has 2 aromatic carbocycles. The van der Waals surface area contributed by atoms with Gasteiger partial charge in [0.1, 0.15) is 6.54 Å². The molecule has 25 heavy (non-hydrogen) atoms. The molecule has 1 heterocycles. The zero-order valence-corrected chi connectivity index (χ0v) is 15.3. The van der Waals surface area contributed by atoms with Crippen molar-refractivity contribution >= 4 is 21.8 Å². The maximum absolute atomic E-state index is 12.1. The van der Waals surface area contributed by atoms with Gasteiger partial charge in [0.2, 0.25) is 11.7 Å². The standard InChI is InChI=1S/C18H18BrN5O/c1-13(14-7-3-2-4-8-14)11-20-17(25)12-24-22-18(21-23-24)15-9-5-6-10-16(15)19/h2-10,13H,11-12H2,1H3,(H,20,25)/t13-/m1/s1. The second-order valence-corrected chi connectivity index (χ2v) is 6.59. The second kappa shape index (κ2) is 8.02. The molecule has 3 rings (SSSR count). The number of amides is 1. The summed E-state index contributed by atoms with van der Waals surface area (Å²) in [7, 11) is 0. The van der Waals surface area contributed by atoms with E-state index in [-0.39, 0.29) is 18.4 Å². The fraction of sp³-hybridized carbons (Fsp3) is 0.222. The van der Waals surface area contributed by atoms with Crippen LogP contribution in [0.5, 0.6) is 0 Å². The van der Waals surface area contributed by atoms with E-state index in [9.17, 15) is 4.79 Å². The van der Waals surface area contributed by atoms with E-state index in [0.29, 0.717) is 12.4 Å². The van der Waals surface area contributed by atoms with Crippen molar-refractivity contribution in [3.63, 3.8) is 0 Å². The molecule has 7 heteroatoms. The smallest absolute Gasteiger partial charge is 0.243 e. The minimum atomic E-state index is -0.140. The Kier molecular flexibility index (Phi) is 5.55. The molecule has 0 fully saturated rings. The van der Waals surface area contributed by atoms with Crippen LogP contribution >= 0.6 is 15.9 Å². The van der Waals surface area contributed by atoms with Crippen LogP contribution in [0.4, 0.5) is 0 Å². The zero-order chi connectivity index (χ0) is 17.6. The Hall–Kier alpha value is -2.54. The van der Waals surface area contributed by atoms with Crippen LogP contribution in [-0.2, 0) is 11.3 Å².